The van der Waals surface area contributed by atoms with E-state index >= 15 is 0 Å². The van der Waals surface area contributed by atoms with Gasteiger partial charge in [0, 0.05) is 13.1 Å². The minimum Gasteiger partial charge on any atom is -0.324 e. The Morgan fingerprint density at radius 3 is 2.62 bits per heavy atom. The van der Waals surface area contributed by atoms with E-state index in [0.29, 0.717) is 6.04 Å². The number of hydrogen-bond acceptors (Lipinski definition) is 4. The van der Waals surface area contributed by atoms with Crippen molar-refractivity contribution >= 4 is 10.5 Å². The third kappa shape index (κ3) is 3.43. The molecule has 0 aliphatic heterocycles. The zero-order valence-electron chi connectivity index (χ0n) is 9.47. The molecule has 16 heavy (non-hydrogen) atoms. The van der Waals surface area contributed by atoms with Gasteiger partial charge in [-0.25, -0.2) is 0 Å². The second-order valence-electron chi connectivity index (χ2n) is 3.75. The molecular weight excluding hydrogens is 224 g/mol. The van der Waals surface area contributed by atoms with Crippen LogP contribution in [-0.2, 0) is 16.9 Å². The molecule has 0 aromatic heterocycles. The first-order valence-corrected chi connectivity index (χ1v) is 6.12. The number of nitrogens with two attached hydrogens (primary N) is 1. The molecule has 2 N–H and O–H groups in total. The minimum absolute atomic E-state index is 0.297. The predicted octanol–water partition coefficient (Wildman–Crippen LogP) is 1.62. The summed E-state index contributed by atoms with van der Waals surface area (Å²) in [5.41, 5.74) is 10.1. The van der Waals surface area contributed by atoms with E-state index in [9.17, 15) is 8.42 Å². The zero-order chi connectivity index (χ0) is 12.1. The third-order valence-electron chi connectivity index (χ3n) is 2.57. The summed E-state index contributed by atoms with van der Waals surface area (Å²) in [7, 11) is -0.986. The van der Waals surface area contributed by atoms with Gasteiger partial charge in [-0.05, 0) is 30.9 Å². The van der Waals surface area contributed by atoms with Gasteiger partial charge in [-0.15, -0.1) is 0 Å². The van der Waals surface area contributed by atoms with Crippen LogP contribution in [0.4, 0.5) is 0 Å². The SMILES string of the molecule is CN=S(=O)=O.Cc1ccc2c(c1)CC[C@H]2N. The summed E-state index contributed by atoms with van der Waals surface area (Å²) in [4.78, 5) is 0. The molecular formula is C11H16N2O2S. The maximum Gasteiger partial charge on any atom is 0.310 e. The van der Waals surface area contributed by atoms with Crippen LogP contribution < -0.4 is 5.73 Å². The van der Waals surface area contributed by atoms with Crippen LogP contribution >= 0.6 is 0 Å². The number of rotatable bonds is 0. The van der Waals surface area contributed by atoms with Crippen LogP contribution in [0.3, 0.4) is 0 Å². The molecule has 2 rings (SSSR count). The summed E-state index contributed by atoms with van der Waals surface area (Å²) in [5.74, 6) is 0. The second-order valence-corrected chi connectivity index (χ2v) is 4.55. The Labute approximate surface area is 97.2 Å². The molecule has 5 heteroatoms. The van der Waals surface area contributed by atoms with Gasteiger partial charge >= 0.3 is 10.5 Å². The molecule has 0 spiro atoms. The summed E-state index contributed by atoms with van der Waals surface area (Å²) in [6.45, 7) is 2.13. The van der Waals surface area contributed by atoms with Crippen LogP contribution in [0, 0.1) is 6.92 Å². The minimum atomic E-state index is -2.20. The van der Waals surface area contributed by atoms with E-state index in [4.69, 9.17) is 5.73 Å². The molecule has 0 bridgehead atoms. The van der Waals surface area contributed by atoms with Crippen LogP contribution in [0.1, 0.15) is 29.2 Å². The van der Waals surface area contributed by atoms with E-state index in [1.54, 1.807) is 0 Å². The number of nitrogens with zero attached hydrogens (tertiary/aromatic N) is 1. The molecule has 0 saturated heterocycles. The fraction of sp³-hybridized carbons (Fsp3) is 0.455. The molecule has 0 unspecified atom stereocenters. The van der Waals surface area contributed by atoms with E-state index in [0.717, 1.165) is 12.8 Å². The molecule has 1 aliphatic rings. The van der Waals surface area contributed by atoms with Crippen molar-refractivity contribution < 1.29 is 8.42 Å². The van der Waals surface area contributed by atoms with Crippen LogP contribution in [0.5, 0.6) is 0 Å². The highest BCUT2D eigenvalue weighted by Gasteiger charge is 2.17. The molecule has 1 atom stereocenters. The van der Waals surface area contributed by atoms with Gasteiger partial charge in [-0.2, -0.15) is 12.8 Å². The molecule has 1 aromatic rings. The average Bonchev–Trinajstić information content (AvgIpc) is 2.60. The van der Waals surface area contributed by atoms with Crippen LogP contribution in [-0.4, -0.2) is 15.5 Å². The van der Waals surface area contributed by atoms with Crippen molar-refractivity contribution in [2.24, 2.45) is 10.1 Å². The Morgan fingerprint density at radius 2 is 2.06 bits per heavy atom. The Bertz CT molecular complexity index is 487. The Balaban J connectivity index is 0.000000221. The summed E-state index contributed by atoms with van der Waals surface area (Å²) in [6.07, 6.45) is 2.29. The predicted molar refractivity (Wildman–Crippen MR) is 63.7 cm³/mol. The van der Waals surface area contributed by atoms with Gasteiger partial charge in [0.05, 0.1) is 0 Å². The molecule has 1 aliphatic carbocycles. The molecule has 0 radical (unpaired) electrons. The summed E-state index contributed by atoms with van der Waals surface area (Å²) >= 11 is 0. The van der Waals surface area contributed by atoms with Gasteiger partial charge in [0.2, 0.25) is 0 Å². The highest BCUT2D eigenvalue weighted by atomic mass is 32.2. The first-order valence-electron chi connectivity index (χ1n) is 5.08. The van der Waals surface area contributed by atoms with E-state index in [2.05, 4.69) is 29.5 Å². The summed E-state index contributed by atoms with van der Waals surface area (Å²) < 4.78 is 21.2. The Hall–Kier alpha value is -1.20. The standard InChI is InChI=1S/C10H13N.CH3NO2S/c1-7-2-4-9-8(6-7)3-5-10(9)11;1-2-5(3)4/h2,4,6,10H,3,5,11H2,1H3;1H3/t10-;/m1./s1. The first-order chi connectivity index (χ1) is 7.54. The molecule has 0 fully saturated rings. The van der Waals surface area contributed by atoms with Crippen molar-refractivity contribution in [2.45, 2.75) is 25.8 Å². The van der Waals surface area contributed by atoms with Gasteiger partial charge in [-0.3, -0.25) is 0 Å². The van der Waals surface area contributed by atoms with Gasteiger partial charge in [0.15, 0.2) is 0 Å². The average molecular weight is 240 g/mol. The normalized spacial score (nSPS) is 17.1. The number of aryl methyl sites for hydroxylation is 2. The lowest BCUT2D eigenvalue weighted by atomic mass is 10.1. The first kappa shape index (κ1) is 12.9. The third-order valence-corrected chi connectivity index (χ3v) is 2.87. The maximum atomic E-state index is 9.20. The van der Waals surface area contributed by atoms with E-state index in [1.165, 1.54) is 23.7 Å². The highest BCUT2D eigenvalue weighted by molar-refractivity contribution is 7.61. The second kappa shape index (κ2) is 5.77. The van der Waals surface area contributed by atoms with Crippen molar-refractivity contribution in [1.82, 2.24) is 0 Å². The van der Waals surface area contributed by atoms with E-state index in [-0.39, 0.29) is 0 Å². The Morgan fingerprint density at radius 1 is 1.44 bits per heavy atom. The Kier molecular flexibility index (Phi) is 4.64. The summed E-state index contributed by atoms with van der Waals surface area (Å²) in [5, 5.41) is 0. The maximum absolute atomic E-state index is 9.20. The number of hydrogen-bond donors (Lipinski definition) is 1. The zero-order valence-corrected chi connectivity index (χ0v) is 10.3. The van der Waals surface area contributed by atoms with Crippen molar-refractivity contribution in [3.63, 3.8) is 0 Å². The van der Waals surface area contributed by atoms with Gasteiger partial charge < -0.3 is 5.73 Å². The molecule has 1 aromatic carbocycles. The van der Waals surface area contributed by atoms with Crippen LogP contribution in [0.15, 0.2) is 22.6 Å². The van der Waals surface area contributed by atoms with Gasteiger partial charge in [0.1, 0.15) is 0 Å². The molecule has 0 amide bonds. The van der Waals surface area contributed by atoms with Crippen LogP contribution in [0.2, 0.25) is 0 Å². The van der Waals surface area contributed by atoms with Crippen molar-refractivity contribution in [2.75, 3.05) is 7.05 Å². The van der Waals surface area contributed by atoms with Crippen molar-refractivity contribution in [3.8, 4) is 0 Å². The van der Waals surface area contributed by atoms with Gasteiger partial charge in [0.25, 0.3) is 0 Å². The van der Waals surface area contributed by atoms with Gasteiger partial charge in [-0.1, -0.05) is 23.8 Å². The lowest BCUT2D eigenvalue weighted by Crippen LogP contribution is -2.04. The number of fused-ring (bicyclic) bond motifs is 1. The fourth-order valence-electron chi connectivity index (χ4n) is 1.78. The highest BCUT2D eigenvalue weighted by Crippen LogP contribution is 2.29. The quantitative estimate of drug-likeness (QED) is 0.749. The topological polar surface area (TPSA) is 72.5 Å². The summed E-state index contributed by atoms with van der Waals surface area (Å²) in [6, 6.07) is 6.86. The molecule has 0 heterocycles. The van der Waals surface area contributed by atoms with E-state index in [1.807, 2.05) is 0 Å². The monoisotopic (exact) mass is 240 g/mol. The fourth-order valence-corrected chi connectivity index (χ4v) is 1.78. The molecule has 4 nitrogen and oxygen atoms in total. The van der Waals surface area contributed by atoms with E-state index < -0.39 is 10.5 Å². The lowest BCUT2D eigenvalue weighted by molar-refractivity contribution is 0.622. The smallest absolute Gasteiger partial charge is 0.310 e. The molecule has 0 saturated carbocycles. The molecule has 88 valence electrons. The van der Waals surface area contributed by atoms with Crippen LogP contribution in [0.25, 0.3) is 0 Å². The largest absolute Gasteiger partial charge is 0.324 e. The van der Waals surface area contributed by atoms with Crippen molar-refractivity contribution in [1.29, 1.82) is 0 Å². The lowest BCUT2D eigenvalue weighted by Gasteiger charge is -2.03. The number of benzene rings is 1. The van der Waals surface area contributed by atoms with Crippen molar-refractivity contribution in [3.05, 3.63) is 34.9 Å².